The monoisotopic (exact) mass is 340 g/mol. The molecule has 1 aliphatic rings. The summed E-state index contributed by atoms with van der Waals surface area (Å²) in [7, 11) is 1.72. The van der Waals surface area contributed by atoms with E-state index in [1.165, 1.54) is 11.1 Å². The second-order valence-corrected chi connectivity index (χ2v) is 6.32. The minimum absolute atomic E-state index is 0.204. The lowest BCUT2D eigenvalue weighted by atomic mass is 9.96. The summed E-state index contributed by atoms with van der Waals surface area (Å²) in [5, 5.41) is 3.50. The molecule has 1 heterocycles. The van der Waals surface area contributed by atoms with Gasteiger partial charge >= 0.3 is 0 Å². The number of hydrogen-bond acceptors (Lipinski definition) is 4. The van der Waals surface area contributed by atoms with E-state index in [0.717, 1.165) is 44.1 Å². The van der Waals surface area contributed by atoms with Gasteiger partial charge < -0.3 is 14.8 Å². The average molecular weight is 340 g/mol. The van der Waals surface area contributed by atoms with E-state index in [4.69, 9.17) is 9.47 Å². The quantitative estimate of drug-likeness (QED) is 0.873. The molecule has 134 valence electrons. The topological polar surface area (TPSA) is 33.7 Å². The molecule has 2 aromatic carbocycles. The Hall–Kier alpha value is -2.04. The van der Waals surface area contributed by atoms with E-state index in [1.807, 2.05) is 19.1 Å². The Bertz CT molecular complexity index is 666. The summed E-state index contributed by atoms with van der Waals surface area (Å²) >= 11 is 0. The van der Waals surface area contributed by atoms with Crippen LogP contribution in [-0.4, -0.2) is 44.8 Å². The summed E-state index contributed by atoms with van der Waals surface area (Å²) in [4.78, 5) is 2.56. The average Bonchev–Trinajstić information content (AvgIpc) is 2.92. The largest absolute Gasteiger partial charge is 0.497 e. The Balaban J connectivity index is 1.99. The predicted octanol–water partition coefficient (Wildman–Crippen LogP) is 3.48. The van der Waals surface area contributed by atoms with Gasteiger partial charge in [0.2, 0.25) is 0 Å². The van der Waals surface area contributed by atoms with Crippen molar-refractivity contribution in [1.82, 2.24) is 10.2 Å². The number of nitrogens with zero attached hydrogens (tertiary/aromatic N) is 1. The Morgan fingerprint density at radius 3 is 2.44 bits per heavy atom. The molecule has 1 saturated heterocycles. The van der Waals surface area contributed by atoms with Crippen molar-refractivity contribution < 1.29 is 9.47 Å². The van der Waals surface area contributed by atoms with E-state index in [0.29, 0.717) is 6.61 Å². The summed E-state index contributed by atoms with van der Waals surface area (Å²) in [6.45, 7) is 6.91. The van der Waals surface area contributed by atoms with Crippen LogP contribution in [0.1, 0.15) is 30.5 Å². The van der Waals surface area contributed by atoms with Gasteiger partial charge in [0.25, 0.3) is 0 Å². The first-order valence-electron chi connectivity index (χ1n) is 9.13. The molecule has 2 aromatic rings. The normalized spacial score (nSPS) is 16.9. The van der Waals surface area contributed by atoms with Crippen molar-refractivity contribution in [3.05, 3.63) is 59.7 Å². The Kier molecular flexibility index (Phi) is 6.31. The molecular formula is C21H28N2O2. The van der Waals surface area contributed by atoms with Gasteiger partial charge in [-0.2, -0.15) is 0 Å². The highest BCUT2D eigenvalue weighted by atomic mass is 16.5. The smallest absolute Gasteiger partial charge is 0.119 e. The maximum atomic E-state index is 5.73. The summed E-state index contributed by atoms with van der Waals surface area (Å²) in [6.07, 6.45) is 1.16. The second-order valence-electron chi connectivity index (χ2n) is 6.32. The van der Waals surface area contributed by atoms with E-state index < -0.39 is 0 Å². The predicted molar refractivity (Wildman–Crippen MR) is 102 cm³/mol. The first-order valence-corrected chi connectivity index (χ1v) is 9.13. The van der Waals surface area contributed by atoms with Gasteiger partial charge in [-0.05, 0) is 55.3 Å². The van der Waals surface area contributed by atoms with E-state index in [9.17, 15) is 0 Å². The Morgan fingerprint density at radius 2 is 1.72 bits per heavy atom. The number of methoxy groups -OCH3 is 1. The van der Waals surface area contributed by atoms with Crippen molar-refractivity contribution in [2.45, 2.75) is 19.4 Å². The van der Waals surface area contributed by atoms with Crippen LogP contribution in [0.3, 0.4) is 0 Å². The van der Waals surface area contributed by atoms with Crippen LogP contribution in [0.5, 0.6) is 11.5 Å². The fourth-order valence-electron chi connectivity index (χ4n) is 3.49. The van der Waals surface area contributed by atoms with Crippen molar-refractivity contribution in [3.8, 4) is 11.5 Å². The van der Waals surface area contributed by atoms with Gasteiger partial charge in [-0.3, -0.25) is 4.90 Å². The number of nitrogens with one attached hydrogen (secondary N) is 1. The van der Waals surface area contributed by atoms with Gasteiger partial charge in [0, 0.05) is 19.6 Å². The van der Waals surface area contributed by atoms with Crippen molar-refractivity contribution in [3.63, 3.8) is 0 Å². The molecule has 1 aliphatic heterocycles. The number of hydrogen-bond donors (Lipinski definition) is 1. The second kappa shape index (κ2) is 8.88. The van der Waals surface area contributed by atoms with E-state index in [2.05, 4.69) is 46.6 Å². The third-order valence-corrected chi connectivity index (χ3v) is 4.63. The molecule has 1 N–H and O–H groups in total. The maximum Gasteiger partial charge on any atom is 0.119 e. The van der Waals surface area contributed by atoms with Crippen LogP contribution in [0, 0.1) is 0 Å². The fourth-order valence-corrected chi connectivity index (χ4v) is 3.49. The van der Waals surface area contributed by atoms with Gasteiger partial charge in [-0.25, -0.2) is 0 Å². The molecule has 0 amide bonds. The van der Waals surface area contributed by atoms with Gasteiger partial charge in [0.1, 0.15) is 11.5 Å². The van der Waals surface area contributed by atoms with Crippen LogP contribution in [-0.2, 0) is 0 Å². The van der Waals surface area contributed by atoms with Gasteiger partial charge in [0.05, 0.1) is 19.8 Å². The Morgan fingerprint density at radius 1 is 1.00 bits per heavy atom. The van der Waals surface area contributed by atoms with Crippen molar-refractivity contribution >= 4 is 0 Å². The summed E-state index contributed by atoms with van der Waals surface area (Å²) in [6, 6.07) is 17.1. The number of rotatable bonds is 6. The lowest BCUT2D eigenvalue weighted by molar-refractivity contribution is 0.240. The van der Waals surface area contributed by atoms with Crippen molar-refractivity contribution in [1.29, 1.82) is 0 Å². The lowest BCUT2D eigenvalue weighted by Crippen LogP contribution is -2.33. The molecule has 3 rings (SSSR count). The first-order chi connectivity index (χ1) is 12.3. The molecule has 1 fully saturated rings. The molecule has 0 radical (unpaired) electrons. The molecule has 0 saturated carbocycles. The highest BCUT2D eigenvalue weighted by molar-refractivity contribution is 5.39. The molecule has 25 heavy (non-hydrogen) atoms. The molecule has 0 aromatic heterocycles. The zero-order valence-corrected chi connectivity index (χ0v) is 15.2. The summed E-state index contributed by atoms with van der Waals surface area (Å²) in [5.41, 5.74) is 2.52. The highest BCUT2D eigenvalue weighted by Gasteiger charge is 2.24. The third-order valence-electron chi connectivity index (χ3n) is 4.63. The maximum absolute atomic E-state index is 5.73. The molecule has 0 aliphatic carbocycles. The lowest BCUT2D eigenvalue weighted by Gasteiger charge is -2.31. The summed E-state index contributed by atoms with van der Waals surface area (Å²) < 4.78 is 11.2. The standard InChI is InChI=1S/C21H28N2O2/c1-3-25-20-10-5-8-18(16-20)21(23-13-6-11-22-12-14-23)17-7-4-9-19(15-17)24-2/h4-5,7-10,15-16,21-22H,3,6,11-14H2,1-2H3. The zero-order valence-electron chi connectivity index (χ0n) is 15.2. The van der Waals surface area contributed by atoms with Gasteiger partial charge in [-0.1, -0.05) is 24.3 Å². The van der Waals surface area contributed by atoms with Crippen LogP contribution in [0.4, 0.5) is 0 Å². The molecule has 0 spiro atoms. The summed E-state index contributed by atoms with van der Waals surface area (Å²) in [5.74, 6) is 1.83. The van der Waals surface area contributed by atoms with Gasteiger partial charge in [0.15, 0.2) is 0 Å². The minimum Gasteiger partial charge on any atom is -0.497 e. The number of benzene rings is 2. The fraction of sp³-hybridized carbons (Fsp3) is 0.429. The van der Waals surface area contributed by atoms with Crippen molar-refractivity contribution in [2.75, 3.05) is 39.9 Å². The molecule has 4 heteroatoms. The van der Waals surface area contributed by atoms with Crippen LogP contribution in [0.2, 0.25) is 0 Å². The minimum atomic E-state index is 0.204. The highest BCUT2D eigenvalue weighted by Crippen LogP contribution is 2.32. The SMILES string of the molecule is CCOc1cccc(C(c2cccc(OC)c2)N2CCCNCC2)c1. The van der Waals surface area contributed by atoms with Gasteiger partial charge in [-0.15, -0.1) is 0 Å². The molecule has 4 nitrogen and oxygen atoms in total. The third kappa shape index (κ3) is 4.53. The van der Waals surface area contributed by atoms with Crippen molar-refractivity contribution in [2.24, 2.45) is 0 Å². The van der Waals surface area contributed by atoms with E-state index in [-0.39, 0.29) is 6.04 Å². The van der Waals surface area contributed by atoms with Crippen LogP contribution in [0.25, 0.3) is 0 Å². The Labute approximate surface area is 150 Å². The van der Waals surface area contributed by atoms with Crippen LogP contribution < -0.4 is 14.8 Å². The molecule has 1 unspecified atom stereocenters. The van der Waals surface area contributed by atoms with Crippen LogP contribution >= 0.6 is 0 Å². The number of ether oxygens (including phenoxy) is 2. The van der Waals surface area contributed by atoms with Crippen LogP contribution in [0.15, 0.2) is 48.5 Å². The molecule has 1 atom stereocenters. The molecular weight excluding hydrogens is 312 g/mol. The van der Waals surface area contributed by atoms with E-state index >= 15 is 0 Å². The van der Waals surface area contributed by atoms with E-state index in [1.54, 1.807) is 7.11 Å². The zero-order chi connectivity index (χ0) is 17.5. The molecule has 0 bridgehead atoms. The first kappa shape index (κ1) is 17.8.